The summed E-state index contributed by atoms with van der Waals surface area (Å²) in [6.45, 7) is 9.79. The van der Waals surface area contributed by atoms with Gasteiger partial charge >= 0.3 is 0 Å². The lowest BCUT2D eigenvalue weighted by atomic mass is 9.58. The van der Waals surface area contributed by atoms with Gasteiger partial charge in [0.25, 0.3) is 0 Å². The monoisotopic (exact) mass is 486 g/mol. The van der Waals surface area contributed by atoms with Crippen LogP contribution in [0, 0.1) is 31.1 Å². The average molecular weight is 487 g/mol. The van der Waals surface area contributed by atoms with E-state index in [1.54, 1.807) is 4.90 Å². The number of likely N-dealkylation sites (tertiary alicyclic amines) is 1. The molecule has 3 fully saturated rings. The van der Waals surface area contributed by atoms with Gasteiger partial charge in [-0.15, -0.1) is 0 Å². The molecule has 2 saturated carbocycles. The molecule has 0 spiro atoms. The molecule has 2 aliphatic carbocycles. The molecule has 35 heavy (non-hydrogen) atoms. The number of hydrogen-bond donors (Lipinski definition) is 2. The van der Waals surface area contributed by atoms with Crippen LogP contribution < -0.4 is 5.32 Å². The predicted molar refractivity (Wildman–Crippen MR) is 140 cm³/mol. The van der Waals surface area contributed by atoms with E-state index in [1.165, 1.54) is 49.7 Å². The number of aliphatic hydroxyl groups excluding tert-OH is 1. The van der Waals surface area contributed by atoms with E-state index in [0.717, 1.165) is 37.5 Å². The first-order valence-electron chi connectivity index (χ1n) is 13.3. The van der Waals surface area contributed by atoms with Crippen LogP contribution in [0.4, 0.5) is 0 Å². The molecule has 2 N–H and O–H groups in total. The molecule has 6 nitrogen and oxygen atoms in total. The van der Waals surface area contributed by atoms with Crippen LogP contribution in [0.1, 0.15) is 82.3 Å². The predicted octanol–water partition coefficient (Wildman–Crippen LogP) is 4.59. The van der Waals surface area contributed by atoms with Crippen LogP contribution in [0.15, 0.2) is 24.3 Å². The number of amides is 2. The van der Waals surface area contributed by atoms with Crippen LogP contribution in [-0.2, 0) is 14.4 Å². The van der Waals surface area contributed by atoms with Crippen LogP contribution in [0.2, 0.25) is 0 Å². The summed E-state index contributed by atoms with van der Waals surface area (Å²) in [6, 6.07) is 8.57. The fraction of sp³-hybridized carbons (Fsp3) is 0.690. The van der Waals surface area contributed by atoms with Crippen molar-refractivity contribution in [1.82, 2.24) is 10.2 Å². The van der Waals surface area contributed by atoms with Crippen molar-refractivity contribution in [1.29, 1.82) is 0 Å². The second-order valence-electron chi connectivity index (χ2n) is 11.0. The summed E-state index contributed by atoms with van der Waals surface area (Å²) >= 11 is 0. The average Bonchev–Trinajstić information content (AvgIpc) is 2.87. The van der Waals surface area contributed by atoms with E-state index in [0.29, 0.717) is 19.5 Å². The molecule has 0 aromatic heterocycles. The van der Waals surface area contributed by atoms with Crippen molar-refractivity contribution in [2.24, 2.45) is 17.3 Å². The van der Waals surface area contributed by atoms with Crippen molar-refractivity contribution in [3.63, 3.8) is 0 Å². The van der Waals surface area contributed by atoms with E-state index >= 15 is 0 Å². The van der Waals surface area contributed by atoms with Crippen molar-refractivity contribution in [2.45, 2.75) is 97.1 Å². The molecule has 1 heterocycles. The van der Waals surface area contributed by atoms with Gasteiger partial charge in [0.15, 0.2) is 0 Å². The van der Waals surface area contributed by atoms with Gasteiger partial charge in [0, 0.05) is 19.1 Å². The highest BCUT2D eigenvalue weighted by Crippen LogP contribution is 2.52. The van der Waals surface area contributed by atoms with Gasteiger partial charge in [0.05, 0.1) is 0 Å². The summed E-state index contributed by atoms with van der Waals surface area (Å²) in [5.41, 5.74) is 2.80. The van der Waals surface area contributed by atoms with Crippen LogP contribution in [0.3, 0.4) is 0 Å². The highest BCUT2D eigenvalue weighted by molar-refractivity contribution is 5.80. The molecule has 4 rings (SSSR count). The second kappa shape index (κ2) is 14.4. The Morgan fingerprint density at radius 2 is 1.60 bits per heavy atom. The Morgan fingerprint density at radius 1 is 1.09 bits per heavy atom. The molecule has 3 aliphatic rings. The van der Waals surface area contributed by atoms with E-state index in [1.807, 2.05) is 6.79 Å². The smallest absolute Gasteiger partial charge is 0.249 e. The first kappa shape index (κ1) is 29.0. The summed E-state index contributed by atoms with van der Waals surface area (Å²) in [5, 5.41) is 13.6. The molecule has 1 saturated heterocycles. The number of carbonyl (C=O) groups is 3. The SMILES string of the molecule is C=O.CCC1(CC(O)C(=O)NC2CCN(C=O)CC2)CC2CCCC(C2)C1.Cc1ccc(C)cc1. The van der Waals surface area contributed by atoms with Crippen molar-refractivity contribution in [3.8, 4) is 0 Å². The van der Waals surface area contributed by atoms with Crippen LogP contribution in [0.25, 0.3) is 0 Å². The number of piperidine rings is 1. The van der Waals surface area contributed by atoms with Gasteiger partial charge in [-0.2, -0.15) is 0 Å². The number of fused-ring (bicyclic) bond motifs is 2. The Balaban J connectivity index is 0.000000363. The van der Waals surface area contributed by atoms with Crippen molar-refractivity contribution >= 4 is 19.1 Å². The summed E-state index contributed by atoms with van der Waals surface area (Å²) in [5.74, 6) is 1.39. The number of nitrogens with one attached hydrogen (secondary N) is 1. The molecular weight excluding hydrogens is 440 g/mol. The lowest BCUT2D eigenvalue weighted by Gasteiger charge is -2.48. The van der Waals surface area contributed by atoms with Crippen LogP contribution in [-0.4, -0.2) is 54.3 Å². The molecule has 6 heteroatoms. The fourth-order valence-corrected chi connectivity index (χ4v) is 6.27. The van der Waals surface area contributed by atoms with Crippen molar-refractivity contribution in [2.75, 3.05) is 13.1 Å². The minimum atomic E-state index is -0.900. The summed E-state index contributed by atoms with van der Waals surface area (Å²) in [6.07, 6.45) is 10.9. The second-order valence-corrected chi connectivity index (χ2v) is 11.0. The Labute approximate surface area is 211 Å². The minimum absolute atomic E-state index is 0.0849. The third-order valence-corrected chi connectivity index (χ3v) is 8.26. The first-order valence-corrected chi connectivity index (χ1v) is 13.3. The van der Waals surface area contributed by atoms with Crippen molar-refractivity contribution < 1.29 is 19.5 Å². The molecule has 1 aromatic carbocycles. The van der Waals surface area contributed by atoms with Crippen LogP contribution in [0.5, 0.6) is 0 Å². The number of aryl methyl sites for hydroxylation is 2. The number of aliphatic hydroxyl groups is 1. The van der Waals surface area contributed by atoms with Crippen LogP contribution >= 0.6 is 0 Å². The Bertz CT molecular complexity index is 740. The molecule has 3 atom stereocenters. The first-order chi connectivity index (χ1) is 16.8. The molecule has 3 unspecified atom stereocenters. The molecule has 2 amide bonds. The highest BCUT2D eigenvalue weighted by atomic mass is 16.3. The summed E-state index contributed by atoms with van der Waals surface area (Å²) in [7, 11) is 0. The molecule has 1 aliphatic heterocycles. The van der Waals surface area contributed by atoms with Gasteiger partial charge in [-0.1, -0.05) is 68.0 Å². The lowest BCUT2D eigenvalue weighted by molar-refractivity contribution is -0.133. The fourth-order valence-electron chi connectivity index (χ4n) is 6.27. The van der Waals surface area contributed by atoms with E-state index < -0.39 is 6.10 Å². The Hall–Kier alpha value is -2.21. The number of nitrogens with zero attached hydrogens (tertiary/aromatic N) is 1. The standard InChI is InChI=1S/C20H34N2O3.C8H10.CH2O/c1-2-20(11-15-4-3-5-16(10-15)12-20)13-18(24)19(25)21-17-6-8-22(14-23)9-7-17;1-7-3-5-8(2)6-4-7;1-2/h14-18,24H,2-13H2,1H3,(H,21,25);3-6H,1-2H3;1H2. The highest BCUT2D eigenvalue weighted by Gasteiger charge is 2.43. The van der Waals surface area contributed by atoms with Gasteiger partial charge in [-0.05, 0) is 69.6 Å². The molecule has 1 aromatic rings. The summed E-state index contributed by atoms with van der Waals surface area (Å²) < 4.78 is 0. The van der Waals surface area contributed by atoms with Gasteiger partial charge < -0.3 is 20.1 Å². The van der Waals surface area contributed by atoms with E-state index in [-0.39, 0.29) is 17.4 Å². The number of hydrogen-bond acceptors (Lipinski definition) is 4. The summed E-state index contributed by atoms with van der Waals surface area (Å²) in [4.78, 5) is 33.0. The lowest BCUT2D eigenvalue weighted by Crippen LogP contribution is -2.48. The zero-order valence-corrected chi connectivity index (χ0v) is 22.0. The zero-order valence-electron chi connectivity index (χ0n) is 22.0. The van der Waals surface area contributed by atoms with Gasteiger partial charge in [-0.3, -0.25) is 9.59 Å². The van der Waals surface area contributed by atoms with Gasteiger partial charge in [0.2, 0.25) is 12.3 Å². The minimum Gasteiger partial charge on any atom is -0.383 e. The Morgan fingerprint density at radius 3 is 2.06 bits per heavy atom. The van der Waals surface area contributed by atoms with E-state index in [9.17, 15) is 14.7 Å². The molecule has 2 bridgehead atoms. The van der Waals surface area contributed by atoms with E-state index in [2.05, 4.69) is 50.4 Å². The third kappa shape index (κ3) is 9.06. The number of carbonyl (C=O) groups excluding carboxylic acids is 3. The zero-order chi connectivity index (χ0) is 25.8. The maximum atomic E-state index is 12.5. The maximum Gasteiger partial charge on any atom is 0.249 e. The number of rotatable bonds is 6. The van der Waals surface area contributed by atoms with Gasteiger partial charge in [0.1, 0.15) is 12.9 Å². The third-order valence-electron chi connectivity index (χ3n) is 8.26. The normalized spacial score (nSPS) is 26.8. The quantitative estimate of drug-likeness (QED) is 0.576. The maximum absolute atomic E-state index is 12.5. The molecule has 196 valence electrons. The Kier molecular flexibility index (Phi) is 11.9. The number of benzene rings is 1. The van der Waals surface area contributed by atoms with Gasteiger partial charge in [-0.25, -0.2) is 0 Å². The molecule has 0 radical (unpaired) electrons. The van der Waals surface area contributed by atoms with E-state index in [4.69, 9.17) is 4.79 Å². The largest absolute Gasteiger partial charge is 0.383 e. The van der Waals surface area contributed by atoms with Crippen molar-refractivity contribution in [3.05, 3.63) is 35.4 Å². The topological polar surface area (TPSA) is 86.7 Å². The molecular formula is C29H46N2O4.